The fraction of sp³-hybridized carbons (Fsp3) is 0.308. The molecule has 7 heteroatoms. The summed E-state index contributed by atoms with van der Waals surface area (Å²) in [5.41, 5.74) is 2.86. The van der Waals surface area contributed by atoms with Gasteiger partial charge in [0, 0.05) is 21.2 Å². The molecule has 0 bridgehead atoms. The summed E-state index contributed by atoms with van der Waals surface area (Å²) in [5, 5.41) is 1.17. The lowest BCUT2D eigenvalue weighted by Gasteiger charge is -2.11. The molecule has 1 heterocycles. The Morgan fingerprint density at radius 1 is 0.697 bits per heavy atom. The van der Waals surface area contributed by atoms with E-state index in [2.05, 4.69) is 0 Å². The lowest BCUT2D eigenvalue weighted by atomic mass is 9.94. The van der Waals surface area contributed by atoms with Crippen molar-refractivity contribution in [3.05, 3.63) is 68.3 Å². The van der Waals surface area contributed by atoms with E-state index in [1.54, 1.807) is 24.3 Å². The van der Waals surface area contributed by atoms with Gasteiger partial charge in [-0.3, -0.25) is 0 Å². The highest BCUT2D eigenvalue weighted by Crippen LogP contribution is 2.45. The van der Waals surface area contributed by atoms with Crippen molar-refractivity contribution in [3.8, 4) is 22.3 Å². The minimum absolute atomic E-state index is 0.390. The number of hydrogen-bond acceptors (Lipinski definition) is 5. The van der Waals surface area contributed by atoms with E-state index in [-0.39, 0.29) is 0 Å². The Kier molecular flexibility index (Phi) is 6.46. The second-order valence-electron chi connectivity index (χ2n) is 8.61. The van der Waals surface area contributed by atoms with E-state index in [0.29, 0.717) is 56.0 Å². The van der Waals surface area contributed by atoms with Crippen LogP contribution in [-0.4, -0.2) is 25.2 Å². The van der Waals surface area contributed by atoms with Crippen molar-refractivity contribution < 1.29 is 19.1 Å². The van der Waals surface area contributed by atoms with Gasteiger partial charge >= 0.3 is 11.9 Å². The van der Waals surface area contributed by atoms with Gasteiger partial charge in [0.05, 0.1) is 13.2 Å². The fourth-order valence-electron chi connectivity index (χ4n) is 3.59. The maximum Gasteiger partial charge on any atom is 0.349 e. The Hall–Kier alpha value is -2.34. The predicted octanol–water partition coefficient (Wildman–Crippen LogP) is 7.52. The second kappa shape index (κ2) is 9.49. The number of halogens is 2. The molecule has 2 aliphatic rings. The van der Waals surface area contributed by atoms with Gasteiger partial charge in [0.25, 0.3) is 0 Å². The summed E-state index contributed by atoms with van der Waals surface area (Å²) in [5.74, 6) is 0.0276. The molecule has 33 heavy (non-hydrogen) atoms. The molecule has 2 aliphatic carbocycles. The first kappa shape index (κ1) is 22.5. The number of carbonyl (C=O) groups excluding carboxylic acids is 2. The maximum atomic E-state index is 13.2. The molecule has 0 amide bonds. The summed E-state index contributed by atoms with van der Waals surface area (Å²) >= 11 is 13.4. The van der Waals surface area contributed by atoms with E-state index in [9.17, 15) is 9.59 Å². The number of benzene rings is 2. The first-order valence-electron chi connectivity index (χ1n) is 11.0. The molecular weight excluding hydrogens is 479 g/mol. The van der Waals surface area contributed by atoms with Crippen molar-refractivity contribution in [1.29, 1.82) is 0 Å². The van der Waals surface area contributed by atoms with Gasteiger partial charge in [0.2, 0.25) is 0 Å². The minimum Gasteiger partial charge on any atom is -0.461 e. The summed E-state index contributed by atoms with van der Waals surface area (Å²) in [6.45, 7) is 0.795. The van der Waals surface area contributed by atoms with Crippen LogP contribution in [0.4, 0.5) is 0 Å². The van der Waals surface area contributed by atoms with Crippen LogP contribution < -0.4 is 0 Å². The van der Waals surface area contributed by atoms with E-state index in [4.69, 9.17) is 32.7 Å². The Morgan fingerprint density at radius 2 is 1.06 bits per heavy atom. The molecule has 4 nitrogen and oxygen atoms in total. The van der Waals surface area contributed by atoms with Crippen molar-refractivity contribution >= 4 is 46.5 Å². The van der Waals surface area contributed by atoms with Gasteiger partial charge in [-0.25, -0.2) is 9.59 Å². The zero-order valence-corrected chi connectivity index (χ0v) is 20.1. The van der Waals surface area contributed by atoms with Crippen LogP contribution in [0.2, 0.25) is 10.0 Å². The van der Waals surface area contributed by atoms with Crippen molar-refractivity contribution in [1.82, 2.24) is 0 Å². The molecule has 2 saturated carbocycles. The number of thiophene rings is 1. The van der Waals surface area contributed by atoms with Crippen molar-refractivity contribution in [2.75, 3.05) is 13.2 Å². The van der Waals surface area contributed by atoms with Gasteiger partial charge < -0.3 is 9.47 Å². The zero-order valence-electron chi connectivity index (χ0n) is 17.8. The van der Waals surface area contributed by atoms with Gasteiger partial charge in [-0.15, -0.1) is 11.3 Å². The van der Waals surface area contributed by atoms with Crippen LogP contribution in [-0.2, 0) is 9.47 Å². The van der Waals surface area contributed by atoms with E-state index in [0.717, 1.165) is 48.1 Å². The quantitative estimate of drug-likeness (QED) is 0.300. The van der Waals surface area contributed by atoms with Crippen LogP contribution in [0.15, 0.2) is 48.5 Å². The van der Waals surface area contributed by atoms with Crippen LogP contribution in [0.25, 0.3) is 22.3 Å². The summed E-state index contributed by atoms with van der Waals surface area (Å²) in [6.07, 6.45) is 4.32. The number of ether oxygens (including phenoxy) is 2. The van der Waals surface area contributed by atoms with Gasteiger partial charge in [-0.1, -0.05) is 47.5 Å². The topological polar surface area (TPSA) is 52.6 Å². The van der Waals surface area contributed by atoms with E-state index in [1.807, 2.05) is 24.3 Å². The molecule has 1 aromatic heterocycles. The molecular formula is C26H22Cl2O4S. The highest BCUT2D eigenvalue weighted by molar-refractivity contribution is 7.17. The normalized spacial score (nSPS) is 15.3. The van der Waals surface area contributed by atoms with E-state index in [1.165, 1.54) is 0 Å². The maximum absolute atomic E-state index is 13.2. The van der Waals surface area contributed by atoms with Crippen LogP contribution in [0.5, 0.6) is 0 Å². The molecule has 0 aliphatic heterocycles. The molecule has 0 spiro atoms. The average Bonchev–Trinajstić information content (AvgIpc) is 3.75. The number of carbonyl (C=O) groups is 2. The Bertz CT molecular complexity index is 1080. The average molecular weight is 501 g/mol. The van der Waals surface area contributed by atoms with Crippen LogP contribution in [0.3, 0.4) is 0 Å². The molecule has 0 saturated heterocycles. The molecule has 5 rings (SSSR count). The largest absolute Gasteiger partial charge is 0.461 e. The lowest BCUT2D eigenvalue weighted by molar-refractivity contribution is 0.0486. The Labute approximate surface area is 206 Å². The minimum atomic E-state index is -0.423. The summed E-state index contributed by atoms with van der Waals surface area (Å²) in [6, 6.07) is 14.5. The summed E-state index contributed by atoms with van der Waals surface area (Å²) in [7, 11) is 0. The molecule has 2 fully saturated rings. The SMILES string of the molecule is O=C(OCC1CC1)c1sc(C(=O)OCC2CC2)c(-c2ccc(Cl)cc2)c1-c1ccc(Cl)cc1. The third-order valence-electron chi connectivity index (χ3n) is 5.84. The third-order valence-corrected chi connectivity index (χ3v) is 7.49. The van der Waals surface area contributed by atoms with E-state index >= 15 is 0 Å². The summed E-state index contributed by atoms with van der Waals surface area (Å²) in [4.78, 5) is 27.1. The smallest absolute Gasteiger partial charge is 0.349 e. The molecule has 0 radical (unpaired) electrons. The van der Waals surface area contributed by atoms with Crippen LogP contribution in [0, 0.1) is 11.8 Å². The third kappa shape index (κ3) is 5.26. The van der Waals surface area contributed by atoms with Crippen LogP contribution in [0.1, 0.15) is 45.0 Å². The van der Waals surface area contributed by atoms with Gasteiger partial charge in [-0.05, 0) is 72.9 Å². The fourth-order valence-corrected chi connectivity index (χ4v) is 4.97. The van der Waals surface area contributed by atoms with Crippen molar-refractivity contribution in [3.63, 3.8) is 0 Å². The van der Waals surface area contributed by atoms with Gasteiger partial charge in [0.15, 0.2) is 0 Å². The molecule has 0 atom stereocenters. The molecule has 170 valence electrons. The molecule has 2 aromatic carbocycles. The highest BCUT2D eigenvalue weighted by atomic mass is 35.5. The Balaban J connectivity index is 1.63. The molecule has 0 N–H and O–H groups in total. The molecule has 3 aromatic rings. The summed E-state index contributed by atoms with van der Waals surface area (Å²) < 4.78 is 11.2. The lowest BCUT2D eigenvalue weighted by Crippen LogP contribution is -2.07. The Morgan fingerprint density at radius 3 is 1.39 bits per heavy atom. The number of rotatable bonds is 8. The van der Waals surface area contributed by atoms with Gasteiger partial charge in [0.1, 0.15) is 9.75 Å². The standard InChI is InChI=1S/C26H22Cl2O4S/c27-19-9-5-17(6-10-19)21-22(18-7-11-20(28)12-8-18)24(26(30)32-14-16-3-4-16)33-23(21)25(29)31-13-15-1-2-15/h5-12,15-16H,1-4,13-14H2. The highest BCUT2D eigenvalue weighted by Gasteiger charge is 2.32. The molecule has 0 unspecified atom stereocenters. The zero-order chi connectivity index (χ0) is 22.9. The van der Waals surface area contributed by atoms with Crippen molar-refractivity contribution in [2.45, 2.75) is 25.7 Å². The monoisotopic (exact) mass is 500 g/mol. The predicted molar refractivity (Wildman–Crippen MR) is 131 cm³/mol. The van der Waals surface area contributed by atoms with E-state index < -0.39 is 11.9 Å². The van der Waals surface area contributed by atoms with Gasteiger partial charge in [-0.2, -0.15) is 0 Å². The van der Waals surface area contributed by atoms with Crippen molar-refractivity contribution in [2.24, 2.45) is 11.8 Å². The first-order chi connectivity index (χ1) is 16.0. The first-order valence-corrected chi connectivity index (χ1v) is 12.6. The number of hydrogen-bond donors (Lipinski definition) is 0. The van der Waals surface area contributed by atoms with Crippen LogP contribution >= 0.6 is 34.5 Å². The second-order valence-corrected chi connectivity index (χ2v) is 10.5. The number of esters is 2.